The molecule has 0 aromatic carbocycles. The molecule has 0 bridgehead atoms. The number of nitrogens with one attached hydrogen (secondary N) is 1. The Morgan fingerprint density at radius 2 is 1.96 bits per heavy atom. The minimum atomic E-state index is -0.904. The Kier molecular flexibility index (Phi) is 5.90. The first-order chi connectivity index (χ1) is 11.8. The number of nitrogens with zero attached hydrogens (tertiary/aromatic N) is 4. The summed E-state index contributed by atoms with van der Waals surface area (Å²) in [7, 11) is 0. The lowest BCUT2D eigenvalue weighted by atomic mass is 10.0. The van der Waals surface area contributed by atoms with Crippen molar-refractivity contribution in [3.05, 3.63) is 36.8 Å². The first kappa shape index (κ1) is 18.6. The van der Waals surface area contributed by atoms with Crippen LogP contribution in [-0.2, 0) is 0 Å². The average Bonchev–Trinajstić information content (AvgIpc) is 2.58. The smallest absolute Gasteiger partial charge is 0.407 e. The largest absolute Gasteiger partial charge is 0.465 e. The second-order valence-corrected chi connectivity index (χ2v) is 7.05. The highest BCUT2D eigenvalue weighted by atomic mass is 16.4. The minimum Gasteiger partial charge on any atom is -0.465 e. The van der Waals surface area contributed by atoms with Crippen molar-refractivity contribution in [2.75, 3.05) is 18.4 Å². The number of hydrogen-bond donors (Lipinski definition) is 2. The molecule has 1 amide bonds. The fourth-order valence-corrected chi connectivity index (χ4v) is 2.36. The number of carboxylic acid groups (broad SMARTS) is 1. The molecule has 2 aromatic heterocycles. The van der Waals surface area contributed by atoms with Gasteiger partial charge in [-0.05, 0) is 38.8 Å². The van der Waals surface area contributed by atoms with Crippen LogP contribution in [0.2, 0.25) is 0 Å². The van der Waals surface area contributed by atoms with E-state index in [1.54, 1.807) is 18.6 Å². The number of rotatable bonds is 6. The van der Waals surface area contributed by atoms with E-state index < -0.39 is 11.6 Å². The van der Waals surface area contributed by atoms with Gasteiger partial charge in [-0.1, -0.05) is 13.0 Å². The molecule has 25 heavy (non-hydrogen) atoms. The van der Waals surface area contributed by atoms with Crippen LogP contribution >= 0.6 is 0 Å². The van der Waals surface area contributed by atoms with Gasteiger partial charge in [0.1, 0.15) is 11.5 Å². The molecule has 0 aliphatic rings. The molecule has 2 heterocycles. The topological polar surface area (TPSA) is 91.2 Å². The zero-order valence-corrected chi connectivity index (χ0v) is 15.1. The van der Waals surface area contributed by atoms with E-state index in [1.807, 2.05) is 45.9 Å². The van der Waals surface area contributed by atoms with Gasteiger partial charge in [0.25, 0.3) is 0 Å². The highest BCUT2D eigenvalue weighted by Gasteiger charge is 2.27. The predicted molar refractivity (Wildman–Crippen MR) is 97.4 cm³/mol. The molecule has 2 aromatic rings. The van der Waals surface area contributed by atoms with Crippen LogP contribution in [0.1, 0.15) is 27.7 Å². The maximum absolute atomic E-state index is 11.4. The Morgan fingerprint density at radius 1 is 1.20 bits per heavy atom. The van der Waals surface area contributed by atoms with Crippen LogP contribution in [0.3, 0.4) is 0 Å². The van der Waals surface area contributed by atoms with E-state index in [1.165, 1.54) is 4.90 Å². The van der Waals surface area contributed by atoms with Gasteiger partial charge in [-0.15, -0.1) is 0 Å². The Hall–Kier alpha value is -2.70. The third kappa shape index (κ3) is 5.41. The molecule has 134 valence electrons. The number of amides is 1. The van der Waals surface area contributed by atoms with Gasteiger partial charge in [0.05, 0.1) is 18.1 Å². The minimum absolute atomic E-state index is 0.132. The standard InChI is InChI=1S/C18H25N5O2/c1-13(12-23(17(24)25)18(2,3)4)9-21-16-11-20-15(10-22-16)14-7-5-6-8-19-14/h5-8,10-11,13H,9,12H2,1-4H3,(H,21,22)(H,24,25). The summed E-state index contributed by atoms with van der Waals surface area (Å²) >= 11 is 0. The highest BCUT2D eigenvalue weighted by Crippen LogP contribution is 2.17. The van der Waals surface area contributed by atoms with E-state index in [0.29, 0.717) is 24.6 Å². The van der Waals surface area contributed by atoms with Crippen LogP contribution < -0.4 is 5.32 Å². The lowest BCUT2D eigenvalue weighted by Crippen LogP contribution is -2.47. The molecule has 0 fully saturated rings. The van der Waals surface area contributed by atoms with Crippen molar-refractivity contribution >= 4 is 11.9 Å². The molecule has 7 nitrogen and oxygen atoms in total. The van der Waals surface area contributed by atoms with Crippen LogP contribution in [0.5, 0.6) is 0 Å². The van der Waals surface area contributed by atoms with Crippen molar-refractivity contribution in [1.29, 1.82) is 0 Å². The van der Waals surface area contributed by atoms with Crippen LogP contribution in [0.4, 0.5) is 10.6 Å². The van der Waals surface area contributed by atoms with E-state index >= 15 is 0 Å². The summed E-state index contributed by atoms with van der Waals surface area (Å²) in [5.74, 6) is 0.789. The van der Waals surface area contributed by atoms with Gasteiger partial charge in [-0.3, -0.25) is 4.98 Å². The Balaban J connectivity index is 1.91. The fraction of sp³-hybridized carbons (Fsp3) is 0.444. The molecule has 2 rings (SSSR count). The third-order valence-corrected chi connectivity index (χ3v) is 3.75. The summed E-state index contributed by atoms with van der Waals surface area (Å²) in [6.45, 7) is 8.74. The van der Waals surface area contributed by atoms with Crippen LogP contribution in [-0.4, -0.2) is 49.7 Å². The van der Waals surface area contributed by atoms with E-state index in [4.69, 9.17) is 0 Å². The van der Waals surface area contributed by atoms with Gasteiger partial charge in [-0.2, -0.15) is 0 Å². The van der Waals surface area contributed by atoms with Gasteiger partial charge < -0.3 is 15.3 Å². The molecule has 7 heteroatoms. The summed E-state index contributed by atoms with van der Waals surface area (Å²) in [4.78, 5) is 25.8. The van der Waals surface area contributed by atoms with Crippen molar-refractivity contribution in [1.82, 2.24) is 19.9 Å². The number of hydrogen-bond acceptors (Lipinski definition) is 5. The maximum atomic E-state index is 11.4. The van der Waals surface area contributed by atoms with Crippen molar-refractivity contribution < 1.29 is 9.90 Å². The lowest BCUT2D eigenvalue weighted by Gasteiger charge is -2.35. The van der Waals surface area contributed by atoms with Crippen molar-refractivity contribution in [3.63, 3.8) is 0 Å². The van der Waals surface area contributed by atoms with Gasteiger partial charge in [0.2, 0.25) is 0 Å². The second kappa shape index (κ2) is 7.92. The number of pyridine rings is 1. The summed E-state index contributed by atoms with van der Waals surface area (Å²) in [5.41, 5.74) is 1.06. The van der Waals surface area contributed by atoms with Gasteiger partial charge in [0.15, 0.2) is 0 Å². The summed E-state index contributed by atoms with van der Waals surface area (Å²) in [5, 5.41) is 12.6. The van der Waals surface area contributed by atoms with Crippen molar-refractivity contribution in [3.8, 4) is 11.4 Å². The second-order valence-electron chi connectivity index (χ2n) is 7.05. The predicted octanol–water partition coefficient (Wildman–Crippen LogP) is 3.37. The van der Waals surface area contributed by atoms with Crippen LogP contribution in [0.25, 0.3) is 11.4 Å². The maximum Gasteiger partial charge on any atom is 0.407 e. The van der Waals surface area contributed by atoms with E-state index in [0.717, 1.165) is 5.69 Å². The van der Waals surface area contributed by atoms with Crippen LogP contribution in [0, 0.1) is 5.92 Å². The molecule has 0 saturated carbocycles. The SMILES string of the molecule is CC(CNc1cnc(-c2ccccn2)cn1)CN(C(=O)O)C(C)(C)C. The first-order valence-corrected chi connectivity index (χ1v) is 8.25. The molecular weight excluding hydrogens is 318 g/mol. The zero-order valence-electron chi connectivity index (χ0n) is 15.1. The van der Waals surface area contributed by atoms with Gasteiger partial charge in [-0.25, -0.2) is 14.8 Å². The fourth-order valence-electron chi connectivity index (χ4n) is 2.36. The monoisotopic (exact) mass is 343 g/mol. The molecular formula is C18H25N5O2. The number of carbonyl (C=O) groups is 1. The highest BCUT2D eigenvalue weighted by molar-refractivity contribution is 5.66. The van der Waals surface area contributed by atoms with Crippen LogP contribution in [0.15, 0.2) is 36.8 Å². The third-order valence-electron chi connectivity index (χ3n) is 3.75. The number of anilines is 1. The zero-order chi connectivity index (χ0) is 18.4. The summed E-state index contributed by atoms with van der Waals surface area (Å²) in [6, 6.07) is 5.64. The molecule has 1 atom stereocenters. The summed E-state index contributed by atoms with van der Waals surface area (Å²) in [6.07, 6.45) is 4.15. The molecule has 0 saturated heterocycles. The van der Waals surface area contributed by atoms with E-state index in [2.05, 4.69) is 20.3 Å². The quantitative estimate of drug-likeness (QED) is 0.835. The molecule has 1 unspecified atom stereocenters. The van der Waals surface area contributed by atoms with Crippen molar-refractivity contribution in [2.24, 2.45) is 5.92 Å². The summed E-state index contributed by atoms with van der Waals surface area (Å²) < 4.78 is 0. The lowest BCUT2D eigenvalue weighted by molar-refractivity contribution is 0.0917. The molecule has 0 spiro atoms. The van der Waals surface area contributed by atoms with E-state index in [9.17, 15) is 9.90 Å². The van der Waals surface area contributed by atoms with Gasteiger partial charge in [0, 0.05) is 24.8 Å². The molecule has 0 aliphatic carbocycles. The first-order valence-electron chi connectivity index (χ1n) is 8.25. The Labute approximate surface area is 148 Å². The molecule has 2 N–H and O–H groups in total. The Bertz CT molecular complexity index is 683. The number of aromatic nitrogens is 3. The van der Waals surface area contributed by atoms with E-state index in [-0.39, 0.29) is 5.92 Å². The molecule has 0 radical (unpaired) electrons. The normalized spacial score (nSPS) is 12.5. The molecule has 0 aliphatic heterocycles. The average molecular weight is 343 g/mol. The Morgan fingerprint density at radius 3 is 2.48 bits per heavy atom. The van der Waals surface area contributed by atoms with Crippen molar-refractivity contribution in [2.45, 2.75) is 33.2 Å². The van der Waals surface area contributed by atoms with Gasteiger partial charge >= 0.3 is 6.09 Å².